The van der Waals surface area contributed by atoms with E-state index in [-0.39, 0.29) is 11.9 Å². The van der Waals surface area contributed by atoms with E-state index in [1.165, 1.54) is 25.7 Å². The standard InChI is InChI=1S/C17H31NO3/c1-3-18-15-7-8-17(19-9-10-20-17)12-16(15)21-14-6-4-5-13(2)11-14/h13-16,18H,3-12H2,1-2H3. The minimum atomic E-state index is -0.350. The molecule has 0 aromatic carbocycles. The first-order valence-corrected chi connectivity index (χ1v) is 8.87. The van der Waals surface area contributed by atoms with Gasteiger partial charge in [-0.25, -0.2) is 0 Å². The smallest absolute Gasteiger partial charge is 0.171 e. The van der Waals surface area contributed by atoms with Gasteiger partial charge in [0.05, 0.1) is 25.4 Å². The molecule has 1 aliphatic heterocycles. The molecule has 21 heavy (non-hydrogen) atoms. The summed E-state index contributed by atoms with van der Waals surface area (Å²) in [5, 5.41) is 3.61. The average molecular weight is 297 g/mol. The molecule has 0 bridgehead atoms. The highest BCUT2D eigenvalue weighted by Gasteiger charge is 2.46. The Morgan fingerprint density at radius 1 is 1.19 bits per heavy atom. The number of ether oxygens (including phenoxy) is 3. The van der Waals surface area contributed by atoms with E-state index in [0.717, 1.165) is 44.9 Å². The minimum Gasteiger partial charge on any atom is -0.373 e. The van der Waals surface area contributed by atoms with E-state index in [4.69, 9.17) is 14.2 Å². The van der Waals surface area contributed by atoms with Crippen LogP contribution in [0.25, 0.3) is 0 Å². The van der Waals surface area contributed by atoms with Crippen LogP contribution in [0.3, 0.4) is 0 Å². The van der Waals surface area contributed by atoms with Crippen molar-refractivity contribution in [3.63, 3.8) is 0 Å². The summed E-state index contributed by atoms with van der Waals surface area (Å²) in [6.07, 6.45) is 8.71. The summed E-state index contributed by atoms with van der Waals surface area (Å²) < 4.78 is 18.4. The fraction of sp³-hybridized carbons (Fsp3) is 1.00. The number of nitrogens with one attached hydrogen (secondary N) is 1. The van der Waals surface area contributed by atoms with Gasteiger partial charge in [0.15, 0.2) is 5.79 Å². The monoisotopic (exact) mass is 297 g/mol. The van der Waals surface area contributed by atoms with Crippen molar-refractivity contribution in [1.29, 1.82) is 0 Å². The zero-order chi connectivity index (χ0) is 14.7. The van der Waals surface area contributed by atoms with Crippen LogP contribution in [0.1, 0.15) is 58.8 Å². The van der Waals surface area contributed by atoms with Gasteiger partial charge in [-0.1, -0.05) is 26.7 Å². The summed E-state index contributed by atoms with van der Waals surface area (Å²) in [6.45, 7) is 6.99. The Hall–Kier alpha value is -0.160. The predicted octanol–water partition coefficient (Wildman–Crippen LogP) is 2.86. The predicted molar refractivity (Wildman–Crippen MR) is 82.2 cm³/mol. The third-order valence-electron chi connectivity index (χ3n) is 5.33. The normalized spacial score (nSPS) is 39.7. The van der Waals surface area contributed by atoms with Crippen molar-refractivity contribution < 1.29 is 14.2 Å². The summed E-state index contributed by atoms with van der Waals surface area (Å²) in [5.74, 6) is 0.453. The van der Waals surface area contributed by atoms with Crippen LogP contribution in [0.15, 0.2) is 0 Å². The van der Waals surface area contributed by atoms with Crippen molar-refractivity contribution in [2.45, 2.75) is 82.8 Å². The molecule has 0 amide bonds. The summed E-state index contributed by atoms with van der Waals surface area (Å²) >= 11 is 0. The van der Waals surface area contributed by atoms with Crippen molar-refractivity contribution in [2.24, 2.45) is 5.92 Å². The van der Waals surface area contributed by atoms with E-state index in [9.17, 15) is 0 Å². The molecule has 4 nitrogen and oxygen atoms in total. The molecular weight excluding hydrogens is 266 g/mol. The van der Waals surface area contributed by atoms with Gasteiger partial charge in [0.1, 0.15) is 0 Å². The summed E-state index contributed by atoms with van der Waals surface area (Å²) in [5.41, 5.74) is 0. The van der Waals surface area contributed by atoms with Crippen LogP contribution in [0.2, 0.25) is 0 Å². The first-order valence-electron chi connectivity index (χ1n) is 8.87. The molecule has 2 aliphatic carbocycles. The van der Waals surface area contributed by atoms with Crippen LogP contribution >= 0.6 is 0 Å². The zero-order valence-electron chi connectivity index (χ0n) is 13.6. The van der Waals surface area contributed by atoms with Gasteiger partial charge < -0.3 is 19.5 Å². The molecule has 0 radical (unpaired) electrons. The molecule has 4 atom stereocenters. The number of hydrogen-bond donors (Lipinski definition) is 1. The van der Waals surface area contributed by atoms with E-state index < -0.39 is 0 Å². The van der Waals surface area contributed by atoms with Gasteiger partial charge in [-0.05, 0) is 31.7 Å². The van der Waals surface area contributed by atoms with Gasteiger partial charge in [0, 0.05) is 18.9 Å². The lowest BCUT2D eigenvalue weighted by molar-refractivity contribution is -0.214. The Morgan fingerprint density at radius 2 is 2.00 bits per heavy atom. The average Bonchev–Trinajstić information content (AvgIpc) is 2.91. The second-order valence-electron chi connectivity index (χ2n) is 7.08. The van der Waals surface area contributed by atoms with Gasteiger partial charge in [0.25, 0.3) is 0 Å². The second-order valence-corrected chi connectivity index (χ2v) is 7.08. The maximum atomic E-state index is 6.53. The maximum Gasteiger partial charge on any atom is 0.171 e. The van der Waals surface area contributed by atoms with Crippen LogP contribution in [0, 0.1) is 5.92 Å². The SMILES string of the molecule is CCNC1CCC2(CC1OC1CCCC(C)C1)OCCO2. The molecule has 4 unspecified atom stereocenters. The topological polar surface area (TPSA) is 39.7 Å². The number of rotatable bonds is 4. The Labute approximate surface area is 128 Å². The highest BCUT2D eigenvalue weighted by atomic mass is 16.7. The molecule has 1 N–H and O–H groups in total. The molecule has 4 heteroatoms. The number of likely N-dealkylation sites (N-methyl/N-ethyl adjacent to an activating group) is 1. The van der Waals surface area contributed by atoms with E-state index in [2.05, 4.69) is 19.2 Å². The zero-order valence-corrected chi connectivity index (χ0v) is 13.6. The van der Waals surface area contributed by atoms with Gasteiger partial charge in [-0.15, -0.1) is 0 Å². The lowest BCUT2D eigenvalue weighted by Crippen LogP contribution is -2.53. The largest absolute Gasteiger partial charge is 0.373 e. The Morgan fingerprint density at radius 3 is 2.71 bits per heavy atom. The molecule has 3 fully saturated rings. The molecule has 1 saturated heterocycles. The quantitative estimate of drug-likeness (QED) is 0.866. The van der Waals surface area contributed by atoms with E-state index in [1.807, 2.05) is 0 Å². The Kier molecular flexibility index (Phi) is 5.20. The molecule has 0 aromatic heterocycles. The van der Waals surface area contributed by atoms with Crippen LogP contribution in [0.4, 0.5) is 0 Å². The van der Waals surface area contributed by atoms with E-state index >= 15 is 0 Å². The number of hydrogen-bond acceptors (Lipinski definition) is 4. The highest BCUT2D eigenvalue weighted by molar-refractivity contribution is 4.93. The molecule has 2 saturated carbocycles. The van der Waals surface area contributed by atoms with Crippen molar-refractivity contribution in [1.82, 2.24) is 5.32 Å². The second kappa shape index (κ2) is 6.95. The van der Waals surface area contributed by atoms with Gasteiger partial charge in [-0.3, -0.25) is 0 Å². The molecule has 3 aliphatic rings. The lowest BCUT2D eigenvalue weighted by Gasteiger charge is -2.43. The van der Waals surface area contributed by atoms with Crippen LogP contribution in [-0.2, 0) is 14.2 Å². The molecule has 0 aromatic rings. The molecule has 1 spiro atoms. The van der Waals surface area contributed by atoms with Gasteiger partial charge in [-0.2, -0.15) is 0 Å². The first-order chi connectivity index (χ1) is 10.2. The summed E-state index contributed by atoms with van der Waals surface area (Å²) in [6, 6.07) is 0.450. The Balaban J connectivity index is 1.62. The Bertz CT molecular complexity index is 330. The van der Waals surface area contributed by atoms with Gasteiger partial charge in [0.2, 0.25) is 0 Å². The molecule has 3 rings (SSSR count). The molecular formula is C17H31NO3. The lowest BCUT2D eigenvalue weighted by atomic mass is 9.85. The van der Waals surface area contributed by atoms with Crippen molar-refractivity contribution in [3.05, 3.63) is 0 Å². The molecule has 122 valence electrons. The third kappa shape index (κ3) is 3.79. The van der Waals surface area contributed by atoms with E-state index in [0.29, 0.717) is 12.1 Å². The van der Waals surface area contributed by atoms with Crippen molar-refractivity contribution in [3.8, 4) is 0 Å². The molecule has 1 heterocycles. The third-order valence-corrected chi connectivity index (χ3v) is 5.33. The van der Waals surface area contributed by atoms with Crippen LogP contribution in [-0.4, -0.2) is 43.8 Å². The summed E-state index contributed by atoms with van der Waals surface area (Å²) in [7, 11) is 0. The van der Waals surface area contributed by atoms with Crippen molar-refractivity contribution >= 4 is 0 Å². The highest BCUT2D eigenvalue weighted by Crippen LogP contribution is 2.38. The summed E-state index contributed by atoms with van der Waals surface area (Å²) in [4.78, 5) is 0. The van der Waals surface area contributed by atoms with Crippen LogP contribution < -0.4 is 5.32 Å². The minimum absolute atomic E-state index is 0.229. The van der Waals surface area contributed by atoms with Crippen LogP contribution in [0.5, 0.6) is 0 Å². The fourth-order valence-corrected chi connectivity index (χ4v) is 4.26. The van der Waals surface area contributed by atoms with Crippen molar-refractivity contribution in [2.75, 3.05) is 19.8 Å². The fourth-order valence-electron chi connectivity index (χ4n) is 4.26. The maximum absolute atomic E-state index is 6.53. The first kappa shape index (κ1) is 15.7. The van der Waals surface area contributed by atoms with E-state index in [1.54, 1.807) is 0 Å². The van der Waals surface area contributed by atoms with Gasteiger partial charge >= 0.3 is 0 Å².